The molecule has 1 amide bonds. The van der Waals surface area contributed by atoms with E-state index in [1.54, 1.807) is 4.68 Å². The first-order valence-corrected chi connectivity index (χ1v) is 7.36. The quantitative estimate of drug-likeness (QED) is 0.742. The second-order valence-corrected chi connectivity index (χ2v) is 5.38. The zero-order chi connectivity index (χ0) is 14.4. The first-order valence-electron chi connectivity index (χ1n) is 7.36. The molecule has 1 aromatic heterocycles. The van der Waals surface area contributed by atoms with Crippen molar-refractivity contribution in [2.45, 2.75) is 26.8 Å². The third-order valence-corrected chi connectivity index (χ3v) is 3.58. The minimum absolute atomic E-state index is 0. The standard InChI is InChI=1S/C14H25N5O.2ClH/c1-12-10-13(2)19(17-12)11-14(20)16-4-3-7-18-8-5-15-6-9-18;;/h10,15H,3-9,11H2,1-2H3,(H,16,20);2*1H. The van der Waals surface area contributed by atoms with Crippen molar-refractivity contribution in [1.29, 1.82) is 0 Å². The van der Waals surface area contributed by atoms with Gasteiger partial charge in [0.2, 0.25) is 5.91 Å². The summed E-state index contributed by atoms with van der Waals surface area (Å²) in [5.41, 5.74) is 1.98. The molecule has 2 heterocycles. The number of rotatable bonds is 6. The summed E-state index contributed by atoms with van der Waals surface area (Å²) in [5.74, 6) is 0.0384. The van der Waals surface area contributed by atoms with Gasteiger partial charge in [0, 0.05) is 38.4 Å². The maximum Gasteiger partial charge on any atom is 0.241 e. The molecule has 1 aliphatic rings. The van der Waals surface area contributed by atoms with Crippen molar-refractivity contribution in [2.75, 3.05) is 39.3 Å². The molecule has 1 fully saturated rings. The van der Waals surface area contributed by atoms with Crippen LogP contribution in [0.2, 0.25) is 0 Å². The van der Waals surface area contributed by atoms with Gasteiger partial charge in [-0.15, -0.1) is 24.8 Å². The molecule has 0 saturated carbocycles. The third-order valence-electron chi connectivity index (χ3n) is 3.58. The highest BCUT2D eigenvalue weighted by molar-refractivity contribution is 5.85. The van der Waals surface area contributed by atoms with Gasteiger partial charge in [-0.3, -0.25) is 9.48 Å². The molecule has 128 valence electrons. The third kappa shape index (κ3) is 6.96. The van der Waals surface area contributed by atoms with Crippen LogP contribution >= 0.6 is 24.8 Å². The van der Waals surface area contributed by atoms with Gasteiger partial charge < -0.3 is 15.5 Å². The predicted octanol–water partition coefficient (Wildman–Crippen LogP) is 0.755. The van der Waals surface area contributed by atoms with Crippen LogP contribution in [0.1, 0.15) is 17.8 Å². The summed E-state index contributed by atoms with van der Waals surface area (Å²) in [6, 6.07) is 1.98. The molecule has 0 unspecified atom stereocenters. The Kier molecular flexibility index (Phi) is 10.4. The number of amides is 1. The first kappa shape index (κ1) is 21.2. The number of hydrogen-bond donors (Lipinski definition) is 2. The zero-order valence-electron chi connectivity index (χ0n) is 13.3. The Morgan fingerprint density at radius 1 is 1.32 bits per heavy atom. The molecule has 2 rings (SSSR count). The number of halogens is 2. The molecule has 22 heavy (non-hydrogen) atoms. The van der Waals surface area contributed by atoms with Crippen molar-refractivity contribution in [1.82, 2.24) is 25.3 Å². The topological polar surface area (TPSA) is 62.2 Å². The van der Waals surface area contributed by atoms with Crippen LogP contribution in [0.4, 0.5) is 0 Å². The minimum atomic E-state index is 0. The molecule has 2 N–H and O–H groups in total. The van der Waals surface area contributed by atoms with Crippen molar-refractivity contribution in [3.8, 4) is 0 Å². The molecule has 0 radical (unpaired) electrons. The fraction of sp³-hybridized carbons (Fsp3) is 0.714. The molecular formula is C14H27Cl2N5O. The van der Waals surface area contributed by atoms with Gasteiger partial charge in [-0.1, -0.05) is 0 Å². The predicted molar refractivity (Wildman–Crippen MR) is 93.1 cm³/mol. The number of piperazine rings is 1. The maximum atomic E-state index is 11.8. The Hall–Kier alpha value is -0.820. The molecule has 1 aliphatic heterocycles. The summed E-state index contributed by atoms with van der Waals surface area (Å²) in [6.07, 6.45) is 1.00. The molecule has 0 spiro atoms. The Labute approximate surface area is 144 Å². The number of carbonyl (C=O) groups is 1. The summed E-state index contributed by atoms with van der Waals surface area (Å²) in [4.78, 5) is 14.3. The van der Waals surface area contributed by atoms with Crippen LogP contribution in [0.5, 0.6) is 0 Å². The van der Waals surface area contributed by atoms with Gasteiger partial charge in [0.1, 0.15) is 6.54 Å². The molecule has 1 aromatic rings. The van der Waals surface area contributed by atoms with Gasteiger partial charge >= 0.3 is 0 Å². The minimum Gasteiger partial charge on any atom is -0.354 e. The molecule has 0 aliphatic carbocycles. The van der Waals surface area contributed by atoms with Gasteiger partial charge in [0.05, 0.1) is 5.69 Å². The van der Waals surface area contributed by atoms with Crippen LogP contribution in [0.25, 0.3) is 0 Å². The largest absolute Gasteiger partial charge is 0.354 e. The lowest BCUT2D eigenvalue weighted by Crippen LogP contribution is -2.44. The van der Waals surface area contributed by atoms with E-state index < -0.39 is 0 Å². The number of nitrogens with zero attached hydrogens (tertiary/aromatic N) is 3. The lowest BCUT2D eigenvalue weighted by Gasteiger charge is -2.27. The lowest BCUT2D eigenvalue weighted by molar-refractivity contribution is -0.121. The van der Waals surface area contributed by atoms with Crippen LogP contribution in [0.15, 0.2) is 6.07 Å². The van der Waals surface area contributed by atoms with E-state index in [1.165, 1.54) is 0 Å². The second kappa shape index (κ2) is 10.8. The van der Waals surface area contributed by atoms with Crippen LogP contribution < -0.4 is 10.6 Å². The monoisotopic (exact) mass is 351 g/mol. The van der Waals surface area contributed by atoms with Gasteiger partial charge in [0.15, 0.2) is 0 Å². The molecule has 8 heteroatoms. The fourth-order valence-electron chi connectivity index (χ4n) is 2.49. The van der Waals surface area contributed by atoms with Crippen LogP contribution in [0.3, 0.4) is 0 Å². The van der Waals surface area contributed by atoms with E-state index in [0.29, 0.717) is 6.54 Å². The van der Waals surface area contributed by atoms with E-state index in [9.17, 15) is 4.79 Å². The molecule has 1 saturated heterocycles. The summed E-state index contributed by atoms with van der Waals surface area (Å²) in [5, 5.41) is 10.6. The lowest BCUT2D eigenvalue weighted by atomic mass is 10.3. The van der Waals surface area contributed by atoms with Crippen LogP contribution in [-0.4, -0.2) is 59.9 Å². The van der Waals surface area contributed by atoms with Crippen molar-refractivity contribution in [3.05, 3.63) is 17.5 Å². The van der Waals surface area contributed by atoms with Crippen molar-refractivity contribution >= 4 is 30.7 Å². The molecular weight excluding hydrogens is 325 g/mol. The van der Waals surface area contributed by atoms with Gasteiger partial charge in [-0.25, -0.2) is 0 Å². The van der Waals surface area contributed by atoms with Crippen LogP contribution in [0, 0.1) is 13.8 Å². The number of aromatic nitrogens is 2. The van der Waals surface area contributed by atoms with E-state index >= 15 is 0 Å². The molecule has 6 nitrogen and oxygen atoms in total. The van der Waals surface area contributed by atoms with E-state index in [0.717, 1.165) is 57.1 Å². The van der Waals surface area contributed by atoms with Gasteiger partial charge in [-0.2, -0.15) is 5.10 Å². The summed E-state index contributed by atoms with van der Waals surface area (Å²) < 4.78 is 1.75. The zero-order valence-corrected chi connectivity index (χ0v) is 14.9. The second-order valence-electron chi connectivity index (χ2n) is 5.38. The normalized spacial score (nSPS) is 14.8. The van der Waals surface area contributed by atoms with E-state index in [1.807, 2.05) is 19.9 Å². The highest BCUT2D eigenvalue weighted by atomic mass is 35.5. The smallest absolute Gasteiger partial charge is 0.241 e. The summed E-state index contributed by atoms with van der Waals surface area (Å²) >= 11 is 0. The van der Waals surface area contributed by atoms with E-state index in [-0.39, 0.29) is 30.7 Å². The van der Waals surface area contributed by atoms with Gasteiger partial charge in [0.25, 0.3) is 0 Å². The van der Waals surface area contributed by atoms with E-state index in [4.69, 9.17) is 0 Å². The molecule has 0 atom stereocenters. The summed E-state index contributed by atoms with van der Waals surface area (Å²) in [6.45, 7) is 10.4. The van der Waals surface area contributed by atoms with Crippen molar-refractivity contribution in [3.63, 3.8) is 0 Å². The SMILES string of the molecule is Cc1cc(C)n(CC(=O)NCCCN2CCNCC2)n1.Cl.Cl. The Morgan fingerprint density at radius 2 is 2.00 bits per heavy atom. The van der Waals surface area contributed by atoms with Gasteiger partial charge in [-0.05, 0) is 32.9 Å². The average Bonchev–Trinajstić information content (AvgIpc) is 2.74. The highest BCUT2D eigenvalue weighted by Crippen LogP contribution is 2.01. The molecule has 0 bridgehead atoms. The highest BCUT2D eigenvalue weighted by Gasteiger charge is 2.09. The summed E-state index contributed by atoms with van der Waals surface area (Å²) in [7, 11) is 0. The van der Waals surface area contributed by atoms with Crippen LogP contribution in [-0.2, 0) is 11.3 Å². The van der Waals surface area contributed by atoms with E-state index in [2.05, 4.69) is 20.6 Å². The fourth-order valence-corrected chi connectivity index (χ4v) is 2.49. The Morgan fingerprint density at radius 3 is 2.59 bits per heavy atom. The Bertz CT molecular complexity index is 446. The van der Waals surface area contributed by atoms with Crippen molar-refractivity contribution < 1.29 is 4.79 Å². The Balaban J connectivity index is 0.00000220. The number of carbonyl (C=O) groups excluding carboxylic acids is 1. The maximum absolute atomic E-state index is 11.8. The number of nitrogens with one attached hydrogen (secondary N) is 2. The van der Waals surface area contributed by atoms with Crippen molar-refractivity contribution in [2.24, 2.45) is 0 Å². The number of hydrogen-bond acceptors (Lipinski definition) is 4. The average molecular weight is 352 g/mol. The molecule has 0 aromatic carbocycles. The first-order chi connectivity index (χ1) is 9.65. The number of aryl methyl sites for hydroxylation is 2.